The Morgan fingerprint density at radius 3 is 2.04 bits per heavy atom. The first-order valence-electron chi connectivity index (χ1n) is 8.59. The van der Waals surface area contributed by atoms with Crippen molar-refractivity contribution in [3.05, 3.63) is 35.4 Å². The summed E-state index contributed by atoms with van der Waals surface area (Å²) in [6.07, 6.45) is 0. The Kier molecular flexibility index (Phi) is 9.66. The summed E-state index contributed by atoms with van der Waals surface area (Å²) in [5.41, 5.74) is 1.76. The first-order chi connectivity index (χ1) is 12.8. The Bertz CT molecular complexity index is 638. The van der Waals surface area contributed by atoms with Crippen molar-refractivity contribution in [3.8, 4) is 0 Å². The van der Waals surface area contributed by atoms with Gasteiger partial charge >= 0.3 is 18.0 Å². The number of hydrogen-bond donors (Lipinski definition) is 4. The standard InChI is InChI=1S/C18H28N4O5/c1-12(11-26-3)21-17(24)19-9-14-6-5-7-15(8-14)10-20-18(25)22-13(2)16(23)27-4/h5-8,12-13H,9-11H2,1-4H3,(H2,19,21,24)(H2,20,22,25). The number of benzene rings is 1. The van der Waals surface area contributed by atoms with Crippen molar-refractivity contribution in [3.63, 3.8) is 0 Å². The van der Waals surface area contributed by atoms with E-state index in [1.807, 2.05) is 31.2 Å². The minimum Gasteiger partial charge on any atom is -0.467 e. The lowest BCUT2D eigenvalue weighted by Crippen LogP contribution is -2.44. The van der Waals surface area contributed by atoms with Crippen LogP contribution in [0.25, 0.3) is 0 Å². The molecule has 4 N–H and O–H groups in total. The third-order valence-electron chi connectivity index (χ3n) is 3.59. The van der Waals surface area contributed by atoms with Gasteiger partial charge in [-0.1, -0.05) is 24.3 Å². The van der Waals surface area contributed by atoms with E-state index in [0.717, 1.165) is 11.1 Å². The number of carbonyl (C=O) groups is 3. The van der Waals surface area contributed by atoms with Gasteiger partial charge in [0.25, 0.3) is 0 Å². The molecule has 1 aromatic carbocycles. The van der Waals surface area contributed by atoms with Crippen molar-refractivity contribution in [2.45, 2.75) is 39.0 Å². The molecule has 0 saturated carbocycles. The van der Waals surface area contributed by atoms with Gasteiger partial charge in [0.1, 0.15) is 6.04 Å². The molecule has 1 rings (SSSR count). The van der Waals surface area contributed by atoms with Crippen LogP contribution < -0.4 is 21.3 Å². The van der Waals surface area contributed by atoms with Gasteiger partial charge in [0.05, 0.1) is 19.8 Å². The van der Waals surface area contributed by atoms with Crippen LogP contribution in [0, 0.1) is 0 Å². The van der Waals surface area contributed by atoms with Crippen molar-refractivity contribution in [1.29, 1.82) is 0 Å². The van der Waals surface area contributed by atoms with Gasteiger partial charge in [-0.05, 0) is 25.0 Å². The van der Waals surface area contributed by atoms with Gasteiger partial charge in [0, 0.05) is 20.2 Å². The van der Waals surface area contributed by atoms with Gasteiger partial charge in [-0.2, -0.15) is 0 Å². The van der Waals surface area contributed by atoms with Gasteiger partial charge in [-0.15, -0.1) is 0 Å². The molecular weight excluding hydrogens is 352 g/mol. The van der Waals surface area contributed by atoms with Crippen LogP contribution >= 0.6 is 0 Å². The second-order valence-electron chi connectivity index (χ2n) is 6.08. The number of methoxy groups -OCH3 is 2. The fraction of sp³-hybridized carbons (Fsp3) is 0.500. The van der Waals surface area contributed by atoms with Crippen LogP contribution in [0.2, 0.25) is 0 Å². The van der Waals surface area contributed by atoms with Crippen molar-refractivity contribution in [2.24, 2.45) is 0 Å². The average Bonchev–Trinajstić information content (AvgIpc) is 2.64. The zero-order valence-corrected chi connectivity index (χ0v) is 16.1. The van der Waals surface area contributed by atoms with E-state index < -0.39 is 18.0 Å². The molecule has 0 bridgehead atoms. The lowest BCUT2D eigenvalue weighted by Gasteiger charge is -2.14. The third kappa shape index (κ3) is 8.91. The molecule has 2 unspecified atom stereocenters. The normalized spacial score (nSPS) is 12.4. The molecule has 0 aromatic heterocycles. The summed E-state index contributed by atoms with van der Waals surface area (Å²) in [5, 5.41) is 10.7. The second-order valence-corrected chi connectivity index (χ2v) is 6.08. The fourth-order valence-corrected chi connectivity index (χ4v) is 2.26. The lowest BCUT2D eigenvalue weighted by atomic mass is 10.1. The Morgan fingerprint density at radius 2 is 1.52 bits per heavy atom. The number of hydrogen-bond acceptors (Lipinski definition) is 5. The molecule has 4 amide bonds. The fourth-order valence-electron chi connectivity index (χ4n) is 2.26. The SMILES string of the molecule is COCC(C)NC(=O)NCc1cccc(CNC(=O)NC(C)C(=O)OC)c1. The molecule has 0 aliphatic heterocycles. The van der Waals surface area contributed by atoms with E-state index in [2.05, 4.69) is 26.0 Å². The Morgan fingerprint density at radius 1 is 0.963 bits per heavy atom. The molecule has 0 aliphatic rings. The van der Waals surface area contributed by atoms with Crippen LogP contribution in [-0.4, -0.2) is 50.9 Å². The van der Waals surface area contributed by atoms with Crippen LogP contribution in [0.5, 0.6) is 0 Å². The molecule has 150 valence electrons. The quantitative estimate of drug-likeness (QED) is 0.475. The third-order valence-corrected chi connectivity index (χ3v) is 3.59. The molecular formula is C18H28N4O5. The number of amides is 4. The number of carbonyl (C=O) groups excluding carboxylic acids is 3. The number of urea groups is 2. The Hall–Kier alpha value is -2.81. The first-order valence-corrected chi connectivity index (χ1v) is 8.59. The molecule has 9 nitrogen and oxygen atoms in total. The predicted molar refractivity (Wildman–Crippen MR) is 100 cm³/mol. The minimum absolute atomic E-state index is 0.0866. The van der Waals surface area contributed by atoms with Gasteiger partial charge in [0.15, 0.2) is 0 Å². The van der Waals surface area contributed by atoms with Gasteiger partial charge in [-0.3, -0.25) is 0 Å². The molecule has 1 aromatic rings. The highest BCUT2D eigenvalue weighted by atomic mass is 16.5. The minimum atomic E-state index is -0.732. The molecule has 27 heavy (non-hydrogen) atoms. The lowest BCUT2D eigenvalue weighted by molar-refractivity contribution is -0.142. The number of rotatable bonds is 9. The maximum Gasteiger partial charge on any atom is 0.328 e. The van der Waals surface area contributed by atoms with Crippen molar-refractivity contribution >= 4 is 18.0 Å². The van der Waals surface area contributed by atoms with E-state index in [1.54, 1.807) is 7.11 Å². The molecule has 2 atom stereocenters. The van der Waals surface area contributed by atoms with Crippen LogP contribution in [-0.2, 0) is 27.4 Å². The molecule has 0 heterocycles. The van der Waals surface area contributed by atoms with Crippen molar-refractivity contribution in [1.82, 2.24) is 21.3 Å². The van der Waals surface area contributed by atoms with E-state index in [1.165, 1.54) is 14.0 Å². The van der Waals surface area contributed by atoms with E-state index in [0.29, 0.717) is 13.2 Å². The topological polar surface area (TPSA) is 118 Å². The zero-order valence-electron chi connectivity index (χ0n) is 16.1. The Balaban J connectivity index is 2.44. The van der Waals surface area contributed by atoms with Crippen LogP contribution in [0.1, 0.15) is 25.0 Å². The highest BCUT2D eigenvalue weighted by molar-refractivity contribution is 5.83. The summed E-state index contributed by atoms with van der Waals surface area (Å²) >= 11 is 0. The number of nitrogens with one attached hydrogen (secondary N) is 4. The van der Waals surface area contributed by atoms with Crippen molar-refractivity contribution < 1.29 is 23.9 Å². The second kappa shape index (κ2) is 11.7. The smallest absolute Gasteiger partial charge is 0.328 e. The van der Waals surface area contributed by atoms with Gasteiger partial charge in [0.2, 0.25) is 0 Å². The molecule has 0 aliphatic carbocycles. The molecule has 9 heteroatoms. The summed E-state index contributed by atoms with van der Waals surface area (Å²) in [6, 6.07) is 5.89. The maximum atomic E-state index is 11.8. The van der Waals surface area contributed by atoms with Crippen LogP contribution in [0.4, 0.5) is 9.59 Å². The largest absolute Gasteiger partial charge is 0.467 e. The zero-order chi connectivity index (χ0) is 20.2. The monoisotopic (exact) mass is 380 g/mol. The Labute approximate surface area is 159 Å². The summed E-state index contributed by atoms with van der Waals surface area (Å²) in [4.78, 5) is 34.9. The first kappa shape index (κ1) is 22.2. The predicted octanol–water partition coefficient (Wildman–Crippen LogP) is 0.881. The summed E-state index contributed by atoms with van der Waals surface area (Å²) in [5.74, 6) is -0.517. The maximum absolute atomic E-state index is 11.8. The number of esters is 1. The highest BCUT2D eigenvalue weighted by Crippen LogP contribution is 2.05. The van der Waals surface area contributed by atoms with E-state index in [4.69, 9.17) is 4.74 Å². The van der Waals surface area contributed by atoms with E-state index in [-0.39, 0.29) is 18.6 Å². The number of ether oxygens (including phenoxy) is 2. The average molecular weight is 380 g/mol. The summed E-state index contributed by atoms with van der Waals surface area (Å²) < 4.78 is 9.51. The summed E-state index contributed by atoms with van der Waals surface area (Å²) in [7, 11) is 2.84. The highest BCUT2D eigenvalue weighted by Gasteiger charge is 2.15. The van der Waals surface area contributed by atoms with Crippen molar-refractivity contribution in [2.75, 3.05) is 20.8 Å². The molecule has 0 radical (unpaired) electrons. The van der Waals surface area contributed by atoms with Crippen LogP contribution in [0.3, 0.4) is 0 Å². The summed E-state index contributed by atoms with van der Waals surface area (Å²) in [6.45, 7) is 4.46. The molecule has 0 fully saturated rings. The molecule has 0 spiro atoms. The van der Waals surface area contributed by atoms with Crippen LogP contribution in [0.15, 0.2) is 24.3 Å². The van der Waals surface area contributed by atoms with E-state index >= 15 is 0 Å². The van der Waals surface area contributed by atoms with Gasteiger partial charge in [-0.25, -0.2) is 14.4 Å². The van der Waals surface area contributed by atoms with Gasteiger partial charge < -0.3 is 30.7 Å². The van der Waals surface area contributed by atoms with E-state index in [9.17, 15) is 14.4 Å². The molecule has 0 saturated heterocycles.